The summed E-state index contributed by atoms with van der Waals surface area (Å²) in [5.74, 6) is 0.397. The second-order valence-corrected chi connectivity index (χ2v) is 3.48. The first-order valence-corrected chi connectivity index (χ1v) is 4.93. The van der Waals surface area contributed by atoms with Crippen molar-refractivity contribution in [2.75, 3.05) is 6.54 Å². The highest BCUT2D eigenvalue weighted by atomic mass is 16.3. The zero-order valence-electron chi connectivity index (χ0n) is 9.03. The Kier molecular flexibility index (Phi) is 4.53. The van der Waals surface area contributed by atoms with Crippen LogP contribution in [0.4, 0.5) is 4.79 Å². The highest BCUT2D eigenvalue weighted by Crippen LogP contribution is 2.03. The lowest BCUT2D eigenvalue weighted by Gasteiger charge is -2.11. The first kappa shape index (κ1) is 12.3. The molecule has 0 fully saturated rings. The molecular formula is C10H15N3O3. The number of hydrogen-bond acceptors (Lipinski definition) is 4. The van der Waals surface area contributed by atoms with Crippen molar-refractivity contribution in [3.8, 4) is 0 Å². The number of rotatable bonds is 5. The highest BCUT2D eigenvalue weighted by molar-refractivity contribution is 5.94. The van der Waals surface area contributed by atoms with Crippen molar-refractivity contribution in [3.63, 3.8) is 0 Å². The Morgan fingerprint density at radius 2 is 2.31 bits per heavy atom. The number of amides is 3. The second kappa shape index (κ2) is 5.92. The van der Waals surface area contributed by atoms with E-state index in [2.05, 4.69) is 5.32 Å². The maximum atomic E-state index is 11.1. The molecule has 0 saturated carbocycles. The van der Waals surface area contributed by atoms with Crippen molar-refractivity contribution in [1.29, 1.82) is 0 Å². The largest absolute Gasteiger partial charge is 0.469 e. The molecule has 0 aromatic carbocycles. The number of furan rings is 1. The number of nitrogens with two attached hydrogens (primary N) is 1. The number of urea groups is 1. The van der Waals surface area contributed by atoms with E-state index in [1.165, 1.54) is 0 Å². The normalized spacial score (nSPS) is 12.1. The Morgan fingerprint density at radius 3 is 2.88 bits per heavy atom. The van der Waals surface area contributed by atoms with Crippen LogP contribution in [0.15, 0.2) is 22.8 Å². The molecule has 0 aliphatic carbocycles. The SMILES string of the molecule is CC(Cc1ccco1)NCC(=O)NC(N)=O. The predicted octanol–water partition coefficient (Wildman–Crippen LogP) is -0.00490. The number of carbonyl (C=O) groups is 2. The number of nitrogens with one attached hydrogen (secondary N) is 2. The summed E-state index contributed by atoms with van der Waals surface area (Å²) in [5, 5.41) is 4.92. The lowest BCUT2D eigenvalue weighted by molar-refractivity contribution is -0.119. The molecule has 3 amide bonds. The Morgan fingerprint density at radius 1 is 1.56 bits per heavy atom. The molecule has 6 nitrogen and oxygen atoms in total. The Balaban J connectivity index is 2.22. The highest BCUT2D eigenvalue weighted by Gasteiger charge is 2.08. The second-order valence-electron chi connectivity index (χ2n) is 3.48. The third-order valence-corrected chi connectivity index (χ3v) is 1.96. The van der Waals surface area contributed by atoms with Gasteiger partial charge in [-0.05, 0) is 19.1 Å². The van der Waals surface area contributed by atoms with Crippen molar-refractivity contribution in [2.45, 2.75) is 19.4 Å². The monoisotopic (exact) mass is 225 g/mol. The van der Waals surface area contributed by atoms with Gasteiger partial charge in [-0.3, -0.25) is 10.1 Å². The van der Waals surface area contributed by atoms with Crippen molar-refractivity contribution < 1.29 is 14.0 Å². The summed E-state index contributed by atoms with van der Waals surface area (Å²) in [6.45, 7) is 1.96. The average molecular weight is 225 g/mol. The van der Waals surface area contributed by atoms with Crippen LogP contribution in [0.2, 0.25) is 0 Å². The van der Waals surface area contributed by atoms with Crippen LogP contribution in [-0.4, -0.2) is 24.5 Å². The van der Waals surface area contributed by atoms with Crippen LogP contribution in [0.1, 0.15) is 12.7 Å². The van der Waals surface area contributed by atoms with Crippen molar-refractivity contribution >= 4 is 11.9 Å². The fourth-order valence-electron chi connectivity index (χ4n) is 1.25. The first-order valence-electron chi connectivity index (χ1n) is 4.93. The van der Waals surface area contributed by atoms with Crippen LogP contribution in [0.25, 0.3) is 0 Å². The molecule has 1 atom stereocenters. The van der Waals surface area contributed by atoms with Crippen molar-refractivity contribution in [1.82, 2.24) is 10.6 Å². The van der Waals surface area contributed by atoms with Gasteiger partial charge in [-0.15, -0.1) is 0 Å². The average Bonchev–Trinajstić information content (AvgIpc) is 2.66. The smallest absolute Gasteiger partial charge is 0.318 e. The summed E-state index contributed by atoms with van der Waals surface area (Å²) in [6, 6.07) is 2.90. The van der Waals surface area contributed by atoms with Crippen LogP contribution < -0.4 is 16.4 Å². The summed E-state index contributed by atoms with van der Waals surface area (Å²) in [7, 11) is 0. The number of primary amides is 1. The van der Waals surface area contributed by atoms with E-state index in [1.54, 1.807) is 6.26 Å². The summed E-state index contributed by atoms with van der Waals surface area (Å²) in [4.78, 5) is 21.4. The molecular weight excluding hydrogens is 210 g/mol. The molecule has 16 heavy (non-hydrogen) atoms. The fraction of sp³-hybridized carbons (Fsp3) is 0.400. The van der Waals surface area contributed by atoms with E-state index in [9.17, 15) is 9.59 Å². The molecule has 0 saturated heterocycles. The van der Waals surface area contributed by atoms with Crippen molar-refractivity contribution in [3.05, 3.63) is 24.2 Å². The minimum Gasteiger partial charge on any atom is -0.469 e. The van der Waals surface area contributed by atoms with Gasteiger partial charge in [-0.2, -0.15) is 0 Å². The Hall–Kier alpha value is -1.82. The van der Waals surface area contributed by atoms with Crippen molar-refractivity contribution in [2.24, 2.45) is 5.73 Å². The maximum absolute atomic E-state index is 11.1. The molecule has 0 radical (unpaired) electrons. The molecule has 0 spiro atoms. The Bertz CT molecular complexity index is 348. The lowest BCUT2D eigenvalue weighted by atomic mass is 10.2. The molecule has 1 aromatic heterocycles. The summed E-state index contributed by atoms with van der Waals surface area (Å²) in [5.41, 5.74) is 4.80. The maximum Gasteiger partial charge on any atom is 0.318 e. The third-order valence-electron chi connectivity index (χ3n) is 1.96. The van der Waals surface area contributed by atoms with Gasteiger partial charge in [0, 0.05) is 12.5 Å². The van der Waals surface area contributed by atoms with Gasteiger partial charge in [0.05, 0.1) is 12.8 Å². The molecule has 0 bridgehead atoms. The molecule has 6 heteroatoms. The zero-order valence-corrected chi connectivity index (χ0v) is 9.03. The summed E-state index contributed by atoms with van der Waals surface area (Å²) in [6.07, 6.45) is 2.28. The number of imide groups is 1. The minimum atomic E-state index is -0.842. The van der Waals surface area contributed by atoms with Gasteiger partial charge in [0.15, 0.2) is 0 Å². The van der Waals surface area contributed by atoms with Gasteiger partial charge in [-0.1, -0.05) is 0 Å². The van der Waals surface area contributed by atoms with E-state index < -0.39 is 11.9 Å². The standard InChI is InChI=1S/C10H15N3O3/c1-7(5-8-3-2-4-16-8)12-6-9(14)13-10(11)15/h2-4,7,12H,5-6H2,1H3,(H3,11,13,14,15). The van der Waals surface area contributed by atoms with Gasteiger partial charge in [0.25, 0.3) is 0 Å². The predicted molar refractivity (Wildman–Crippen MR) is 57.6 cm³/mol. The molecule has 0 aliphatic heterocycles. The van der Waals surface area contributed by atoms with E-state index in [-0.39, 0.29) is 12.6 Å². The fourth-order valence-corrected chi connectivity index (χ4v) is 1.25. The summed E-state index contributed by atoms with van der Waals surface area (Å²) < 4.78 is 5.16. The van der Waals surface area contributed by atoms with Crippen LogP contribution in [0.3, 0.4) is 0 Å². The molecule has 1 unspecified atom stereocenters. The molecule has 1 rings (SSSR count). The van der Waals surface area contributed by atoms with Gasteiger partial charge in [0.2, 0.25) is 5.91 Å². The first-order chi connectivity index (χ1) is 7.58. The van der Waals surface area contributed by atoms with Crippen LogP contribution >= 0.6 is 0 Å². The Labute approximate surface area is 93.2 Å². The number of carbonyl (C=O) groups excluding carboxylic acids is 2. The van der Waals surface area contributed by atoms with Crippen LogP contribution in [-0.2, 0) is 11.2 Å². The quantitative estimate of drug-likeness (QED) is 0.656. The molecule has 4 N–H and O–H groups in total. The van der Waals surface area contributed by atoms with Gasteiger partial charge < -0.3 is 15.5 Å². The van der Waals surface area contributed by atoms with E-state index >= 15 is 0 Å². The van der Waals surface area contributed by atoms with E-state index in [4.69, 9.17) is 10.2 Å². The van der Waals surface area contributed by atoms with Gasteiger partial charge in [0.1, 0.15) is 5.76 Å². The van der Waals surface area contributed by atoms with E-state index in [1.807, 2.05) is 24.4 Å². The van der Waals surface area contributed by atoms with Crippen LogP contribution in [0.5, 0.6) is 0 Å². The van der Waals surface area contributed by atoms with Gasteiger partial charge in [-0.25, -0.2) is 4.79 Å². The topological polar surface area (TPSA) is 97.4 Å². The minimum absolute atomic E-state index is 0.0464. The molecule has 1 aromatic rings. The third kappa shape index (κ3) is 4.61. The molecule has 0 aliphatic rings. The zero-order chi connectivity index (χ0) is 12.0. The van der Waals surface area contributed by atoms with Crippen LogP contribution in [0, 0.1) is 0 Å². The lowest BCUT2D eigenvalue weighted by Crippen LogP contribution is -2.43. The van der Waals surface area contributed by atoms with E-state index in [0.717, 1.165) is 5.76 Å². The van der Waals surface area contributed by atoms with Gasteiger partial charge >= 0.3 is 6.03 Å². The molecule has 1 heterocycles. The van der Waals surface area contributed by atoms with E-state index in [0.29, 0.717) is 6.42 Å². The molecule has 88 valence electrons. The summed E-state index contributed by atoms with van der Waals surface area (Å²) >= 11 is 0. The number of hydrogen-bond donors (Lipinski definition) is 3.